The quantitative estimate of drug-likeness (QED) is 0.803. The molecule has 0 aromatic heterocycles. The Bertz CT molecular complexity index is 899. The molecule has 2 aliphatic rings. The Morgan fingerprint density at radius 1 is 1.14 bits per heavy atom. The number of carbonyl (C=O) groups excluding carboxylic acids is 1. The van der Waals surface area contributed by atoms with Gasteiger partial charge in [0.15, 0.2) is 23.0 Å². The topological polar surface area (TPSA) is 70.5 Å². The Balaban J connectivity index is 1.52. The van der Waals surface area contributed by atoms with Crippen molar-refractivity contribution in [2.24, 2.45) is 0 Å². The fourth-order valence-electron chi connectivity index (χ4n) is 3.87. The first-order valence-electron chi connectivity index (χ1n) is 9.35. The monoisotopic (exact) mass is 385 g/mol. The molecule has 2 N–H and O–H groups in total. The number of hydrogen-bond acceptors (Lipinski definition) is 5. The molecule has 7 heteroatoms. The maximum Gasteiger partial charge on any atom is 0.251 e. The van der Waals surface area contributed by atoms with Crippen LogP contribution in [0.1, 0.15) is 27.5 Å². The Labute approximate surface area is 164 Å². The molecule has 7 nitrogen and oxygen atoms in total. The maximum absolute atomic E-state index is 12.7. The lowest BCUT2D eigenvalue weighted by molar-refractivity contribution is -0.913. The van der Waals surface area contributed by atoms with E-state index in [1.165, 1.54) is 16.0 Å². The van der Waals surface area contributed by atoms with Gasteiger partial charge in [0.05, 0.1) is 34.4 Å². The standard InChI is InChI=1S/C21H24N2O5/c1-23-7-6-13-8-18(25-2)19(26-3)10-15(13)16(23)11-22-21(24)14-4-5-17-20(9-14)28-12-27-17/h4-5,8-10,16H,6-7,11-12H2,1-3H3,(H,22,24)/p+1/t16-/m1/s1. The van der Waals surface area contributed by atoms with Gasteiger partial charge < -0.3 is 29.2 Å². The number of rotatable bonds is 5. The fourth-order valence-corrected chi connectivity index (χ4v) is 3.87. The largest absolute Gasteiger partial charge is 0.493 e. The van der Waals surface area contributed by atoms with E-state index < -0.39 is 0 Å². The summed E-state index contributed by atoms with van der Waals surface area (Å²) in [5.74, 6) is 2.60. The van der Waals surface area contributed by atoms with Crippen LogP contribution in [0.3, 0.4) is 0 Å². The molecule has 1 unspecified atom stereocenters. The number of hydrogen-bond donors (Lipinski definition) is 2. The highest BCUT2D eigenvalue weighted by molar-refractivity contribution is 5.95. The zero-order valence-corrected chi connectivity index (χ0v) is 16.3. The molecule has 0 bridgehead atoms. The van der Waals surface area contributed by atoms with Crippen molar-refractivity contribution in [1.29, 1.82) is 0 Å². The van der Waals surface area contributed by atoms with Gasteiger partial charge in [0.25, 0.3) is 5.91 Å². The summed E-state index contributed by atoms with van der Waals surface area (Å²) in [6.45, 7) is 1.72. The molecule has 2 aromatic rings. The van der Waals surface area contributed by atoms with Crippen LogP contribution < -0.4 is 29.2 Å². The number of benzene rings is 2. The summed E-state index contributed by atoms with van der Waals surface area (Å²) in [6.07, 6.45) is 0.966. The van der Waals surface area contributed by atoms with E-state index in [1.807, 2.05) is 12.1 Å². The number of amides is 1. The molecule has 4 rings (SSSR count). The van der Waals surface area contributed by atoms with Gasteiger partial charge in [-0.1, -0.05) is 0 Å². The van der Waals surface area contributed by atoms with E-state index >= 15 is 0 Å². The summed E-state index contributed by atoms with van der Waals surface area (Å²) < 4.78 is 21.6. The highest BCUT2D eigenvalue weighted by atomic mass is 16.7. The predicted molar refractivity (Wildman–Crippen MR) is 103 cm³/mol. The molecule has 0 saturated carbocycles. The zero-order chi connectivity index (χ0) is 19.7. The minimum absolute atomic E-state index is 0.126. The summed E-state index contributed by atoms with van der Waals surface area (Å²) >= 11 is 0. The number of nitrogens with one attached hydrogen (secondary N) is 2. The van der Waals surface area contributed by atoms with Gasteiger partial charge in [-0.05, 0) is 35.9 Å². The number of ether oxygens (including phenoxy) is 4. The number of carbonyl (C=O) groups is 1. The molecule has 148 valence electrons. The van der Waals surface area contributed by atoms with E-state index in [4.69, 9.17) is 18.9 Å². The van der Waals surface area contributed by atoms with Gasteiger partial charge in [-0.2, -0.15) is 0 Å². The first-order chi connectivity index (χ1) is 13.6. The Morgan fingerprint density at radius 2 is 1.89 bits per heavy atom. The van der Waals surface area contributed by atoms with Crippen molar-refractivity contribution < 1.29 is 28.6 Å². The van der Waals surface area contributed by atoms with Gasteiger partial charge in [-0.15, -0.1) is 0 Å². The van der Waals surface area contributed by atoms with E-state index in [-0.39, 0.29) is 18.7 Å². The normalized spacial score (nSPS) is 19.7. The Hall–Kier alpha value is -2.93. The second kappa shape index (κ2) is 7.59. The summed E-state index contributed by atoms with van der Waals surface area (Å²) in [5, 5.41) is 3.07. The molecular formula is C21H25N2O5+. The van der Waals surface area contributed by atoms with E-state index in [0.29, 0.717) is 29.4 Å². The van der Waals surface area contributed by atoms with Crippen LogP contribution in [-0.2, 0) is 6.42 Å². The average Bonchev–Trinajstić information content (AvgIpc) is 3.19. The van der Waals surface area contributed by atoms with Crippen molar-refractivity contribution in [1.82, 2.24) is 5.32 Å². The zero-order valence-electron chi connectivity index (χ0n) is 16.3. The minimum atomic E-state index is -0.126. The second-order valence-electron chi connectivity index (χ2n) is 7.08. The van der Waals surface area contributed by atoms with Gasteiger partial charge in [0, 0.05) is 17.5 Å². The molecule has 0 aliphatic carbocycles. The molecule has 1 amide bonds. The third kappa shape index (κ3) is 3.33. The summed E-state index contributed by atoms with van der Waals surface area (Å²) in [6, 6.07) is 9.46. The van der Waals surface area contributed by atoms with Crippen LogP contribution in [0, 0.1) is 0 Å². The molecule has 2 aliphatic heterocycles. The predicted octanol–water partition coefficient (Wildman–Crippen LogP) is 0.974. The van der Waals surface area contributed by atoms with Gasteiger partial charge >= 0.3 is 0 Å². The van der Waals surface area contributed by atoms with E-state index in [9.17, 15) is 4.79 Å². The third-order valence-electron chi connectivity index (χ3n) is 5.51. The number of fused-ring (bicyclic) bond motifs is 2. The first kappa shape index (κ1) is 18.4. The van der Waals surface area contributed by atoms with Crippen LogP contribution in [0.25, 0.3) is 0 Å². The van der Waals surface area contributed by atoms with Crippen LogP contribution in [0.15, 0.2) is 30.3 Å². The van der Waals surface area contributed by atoms with E-state index in [1.54, 1.807) is 32.4 Å². The van der Waals surface area contributed by atoms with Gasteiger partial charge in [-0.3, -0.25) is 4.79 Å². The Kier molecular flexibility index (Phi) is 5.00. The van der Waals surface area contributed by atoms with Crippen molar-refractivity contribution in [3.05, 3.63) is 47.0 Å². The maximum atomic E-state index is 12.7. The third-order valence-corrected chi connectivity index (χ3v) is 5.51. The average molecular weight is 385 g/mol. The second-order valence-corrected chi connectivity index (χ2v) is 7.08. The lowest BCUT2D eigenvalue weighted by atomic mass is 9.92. The van der Waals surface area contributed by atoms with Gasteiger partial charge in [-0.25, -0.2) is 0 Å². The van der Waals surface area contributed by atoms with Crippen molar-refractivity contribution in [2.45, 2.75) is 12.5 Å². The molecule has 0 radical (unpaired) electrons. The van der Waals surface area contributed by atoms with Crippen molar-refractivity contribution in [2.75, 3.05) is 41.1 Å². The molecule has 0 saturated heterocycles. The number of likely N-dealkylation sites (N-methyl/N-ethyl adjacent to an activating group) is 1. The Morgan fingerprint density at radius 3 is 2.68 bits per heavy atom. The summed E-state index contributed by atoms with van der Waals surface area (Å²) in [5.41, 5.74) is 2.99. The van der Waals surface area contributed by atoms with Crippen molar-refractivity contribution >= 4 is 5.91 Å². The molecule has 0 fully saturated rings. The van der Waals surface area contributed by atoms with Gasteiger partial charge in [0.1, 0.15) is 6.04 Å². The van der Waals surface area contributed by atoms with E-state index in [0.717, 1.165) is 18.7 Å². The summed E-state index contributed by atoms with van der Waals surface area (Å²) in [4.78, 5) is 14.0. The van der Waals surface area contributed by atoms with Crippen LogP contribution in [-0.4, -0.2) is 47.1 Å². The van der Waals surface area contributed by atoms with Crippen LogP contribution in [0.5, 0.6) is 23.0 Å². The highest BCUT2D eigenvalue weighted by Crippen LogP contribution is 2.34. The molecular weight excluding hydrogens is 360 g/mol. The van der Waals surface area contributed by atoms with Crippen LogP contribution >= 0.6 is 0 Å². The van der Waals surface area contributed by atoms with Crippen molar-refractivity contribution in [3.8, 4) is 23.0 Å². The summed E-state index contributed by atoms with van der Waals surface area (Å²) in [7, 11) is 5.44. The fraction of sp³-hybridized carbons (Fsp3) is 0.381. The van der Waals surface area contributed by atoms with Crippen LogP contribution in [0.2, 0.25) is 0 Å². The first-order valence-corrected chi connectivity index (χ1v) is 9.35. The lowest BCUT2D eigenvalue weighted by Crippen LogP contribution is -3.11. The molecule has 0 spiro atoms. The van der Waals surface area contributed by atoms with Gasteiger partial charge in [0.2, 0.25) is 6.79 Å². The molecule has 28 heavy (non-hydrogen) atoms. The number of quaternary nitrogens is 1. The number of methoxy groups -OCH3 is 2. The van der Waals surface area contributed by atoms with Crippen LogP contribution in [0.4, 0.5) is 0 Å². The van der Waals surface area contributed by atoms with E-state index in [2.05, 4.69) is 12.4 Å². The lowest BCUT2D eigenvalue weighted by Gasteiger charge is -2.32. The van der Waals surface area contributed by atoms with Crippen molar-refractivity contribution in [3.63, 3.8) is 0 Å². The highest BCUT2D eigenvalue weighted by Gasteiger charge is 2.30. The SMILES string of the molecule is COc1cc2c(cc1OC)[C@@H](CNC(=O)c1ccc3c(c1)OCO3)[NH+](C)CC2. The molecule has 2 aromatic carbocycles. The smallest absolute Gasteiger partial charge is 0.251 e. The molecule has 2 atom stereocenters. The minimum Gasteiger partial charge on any atom is -0.493 e. The molecule has 2 heterocycles.